The van der Waals surface area contributed by atoms with E-state index in [1.54, 1.807) is 11.4 Å². The van der Waals surface area contributed by atoms with Gasteiger partial charge in [0.2, 0.25) is 0 Å². The molecule has 1 heterocycles. The third-order valence-electron chi connectivity index (χ3n) is 2.31. The van der Waals surface area contributed by atoms with Crippen molar-refractivity contribution in [3.63, 3.8) is 0 Å². The molecule has 0 radical (unpaired) electrons. The molecule has 2 aromatic rings. The Labute approximate surface area is 122 Å². The quantitative estimate of drug-likeness (QED) is 0.764. The maximum atomic E-state index is 12.6. The zero-order chi connectivity index (χ0) is 14.0. The molecule has 0 saturated heterocycles. The molecule has 0 unspecified atom stereocenters. The molecular formula is C12H8Cl2F3NS. The Morgan fingerprint density at radius 2 is 1.79 bits per heavy atom. The fraction of sp³-hybridized carbons (Fsp3) is 0.167. The molecule has 102 valence electrons. The second-order valence-electron chi connectivity index (χ2n) is 3.81. The van der Waals surface area contributed by atoms with Gasteiger partial charge in [-0.25, -0.2) is 0 Å². The first-order valence-electron chi connectivity index (χ1n) is 5.19. The molecule has 0 atom stereocenters. The van der Waals surface area contributed by atoms with Crippen molar-refractivity contribution < 1.29 is 13.2 Å². The summed E-state index contributed by atoms with van der Waals surface area (Å²) >= 11 is 12.9. The molecule has 0 bridgehead atoms. The average Bonchev–Trinajstić information content (AvgIpc) is 2.71. The predicted molar refractivity (Wildman–Crippen MR) is 73.1 cm³/mol. The van der Waals surface area contributed by atoms with Crippen molar-refractivity contribution in [1.82, 2.24) is 0 Å². The van der Waals surface area contributed by atoms with Gasteiger partial charge in [-0.1, -0.05) is 23.2 Å². The molecule has 0 aliphatic carbocycles. The van der Waals surface area contributed by atoms with Gasteiger partial charge in [-0.15, -0.1) is 11.3 Å². The molecule has 2 rings (SSSR count). The Morgan fingerprint density at radius 1 is 1.05 bits per heavy atom. The second kappa shape index (κ2) is 5.61. The SMILES string of the molecule is FC(F)(F)c1cc(Cl)cc(NCc2cc(Cl)cs2)c1. The highest BCUT2D eigenvalue weighted by atomic mass is 35.5. The Hall–Kier alpha value is -0.910. The molecule has 1 nitrogen and oxygen atoms in total. The van der Waals surface area contributed by atoms with E-state index < -0.39 is 11.7 Å². The zero-order valence-electron chi connectivity index (χ0n) is 9.39. The van der Waals surface area contributed by atoms with Crippen LogP contribution in [-0.4, -0.2) is 0 Å². The van der Waals surface area contributed by atoms with Crippen LogP contribution in [0.25, 0.3) is 0 Å². The molecule has 19 heavy (non-hydrogen) atoms. The second-order valence-corrected chi connectivity index (χ2v) is 5.68. The van der Waals surface area contributed by atoms with E-state index in [2.05, 4.69) is 5.32 Å². The van der Waals surface area contributed by atoms with Crippen LogP contribution in [0, 0.1) is 0 Å². The number of hydrogen-bond donors (Lipinski definition) is 1. The fourth-order valence-corrected chi connectivity index (χ4v) is 2.74. The molecule has 0 fully saturated rings. The number of thiophene rings is 1. The van der Waals surface area contributed by atoms with Gasteiger partial charge in [0.1, 0.15) is 0 Å². The molecule has 1 aromatic heterocycles. The van der Waals surface area contributed by atoms with Gasteiger partial charge in [-0.2, -0.15) is 13.2 Å². The van der Waals surface area contributed by atoms with Crippen LogP contribution in [0.3, 0.4) is 0 Å². The van der Waals surface area contributed by atoms with Gasteiger partial charge in [0, 0.05) is 27.5 Å². The summed E-state index contributed by atoms with van der Waals surface area (Å²) in [7, 11) is 0. The number of rotatable bonds is 3. The number of halogens is 5. The van der Waals surface area contributed by atoms with E-state index >= 15 is 0 Å². The van der Waals surface area contributed by atoms with Crippen LogP contribution in [0.15, 0.2) is 29.6 Å². The minimum atomic E-state index is -4.41. The predicted octanol–water partition coefficient (Wildman–Crippen LogP) is 5.69. The first kappa shape index (κ1) is 14.5. The highest BCUT2D eigenvalue weighted by Crippen LogP contribution is 2.33. The van der Waals surface area contributed by atoms with Crippen LogP contribution in [0.1, 0.15) is 10.4 Å². The van der Waals surface area contributed by atoms with Crippen LogP contribution in [0.4, 0.5) is 18.9 Å². The van der Waals surface area contributed by atoms with Crippen molar-refractivity contribution in [3.05, 3.63) is 50.1 Å². The Morgan fingerprint density at radius 3 is 2.37 bits per heavy atom. The minimum Gasteiger partial charge on any atom is -0.380 e. The number of hydrogen-bond acceptors (Lipinski definition) is 2. The average molecular weight is 326 g/mol. The Balaban J connectivity index is 2.14. The summed E-state index contributed by atoms with van der Waals surface area (Å²) in [6, 6.07) is 5.14. The smallest absolute Gasteiger partial charge is 0.380 e. The summed E-state index contributed by atoms with van der Waals surface area (Å²) in [5.41, 5.74) is -0.448. The van der Waals surface area contributed by atoms with Gasteiger partial charge in [0.05, 0.1) is 10.6 Å². The van der Waals surface area contributed by atoms with E-state index in [1.165, 1.54) is 17.4 Å². The summed E-state index contributed by atoms with van der Waals surface area (Å²) < 4.78 is 37.8. The first-order valence-corrected chi connectivity index (χ1v) is 6.83. The highest BCUT2D eigenvalue weighted by molar-refractivity contribution is 7.10. The topological polar surface area (TPSA) is 12.0 Å². The normalized spacial score (nSPS) is 11.6. The third-order valence-corrected chi connectivity index (χ3v) is 3.82. The van der Waals surface area contributed by atoms with E-state index in [-0.39, 0.29) is 5.02 Å². The summed E-state index contributed by atoms with van der Waals surface area (Å²) in [5.74, 6) is 0. The monoisotopic (exact) mass is 325 g/mol. The number of nitrogens with one attached hydrogen (secondary N) is 1. The van der Waals surface area contributed by atoms with Crippen molar-refractivity contribution in [2.75, 3.05) is 5.32 Å². The lowest BCUT2D eigenvalue weighted by Gasteiger charge is -2.11. The summed E-state index contributed by atoms with van der Waals surface area (Å²) in [6.07, 6.45) is -4.41. The van der Waals surface area contributed by atoms with E-state index in [1.807, 2.05) is 0 Å². The molecule has 0 spiro atoms. The van der Waals surface area contributed by atoms with Crippen molar-refractivity contribution in [2.24, 2.45) is 0 Å². The third kappa shape index (κ3) is 4.03. The lowest BCUT2D eigenvalue weighted by atomic mass is 10.2. The summed E-state index contributed by atoms with van der Waals surface area (Å²) in [4.78, 5) is 0.929. The van der Waals surface area contributed by atoms with Crippen molar-refractivity contribution in [1.29, 1.82) is 0 Å². The van der Waals surface area contributed by atoms with E-state index in [4.69, 9.17) is 23.2 Å². The summed E-state index contributed by atoms with van der Waals surface area (Å²) in [6.45, 7) is 0.398. The maximum absolute atomic E-state index is 12.6. The van der Waals surface area contributed by atoms with Crippen LogP contribution in [0.2, 0.25) is 10.0 Å². The zero-order valence-corrected chi connectivity index (χ0v) is 11.7. The number of anilines is 1. The van der Waals surface area contributed by atoms with E-state index in [0.717, 1.165) is 17.0 Å². The van der Waals surface area contributed by atoms with Crippen molar-refractivity contribution >= 4 is 40.2 Å². The van der Waals surface area contributed by atoms with E-state index in [0.29, 0.717) is 17.3 Å². The van der Waals surface area contributed by atoms with Gasteiger partial charge in [-0.3, -0.25) is 0 Å². The van der Waals surface area contributed by atoms with Crippen LogP contribution < -0.4 is 5.32 Å². The van der Waals surface area contributed by atoms with Gasteiger partial charge in [0.15, 0.2) is 0 Å². The van der Waals surface area contributed by atoms with Gasteiger partial charge in [0.25, 0.3) is 0 Å². The van der Waals surface area contributed by atoms with Gasteiger partial charge >= 0.3 is 6.18 Å². The number of alkyl halides is 3. The van der Waals surface area contributed by atoms with Crippen LogP contribution in [-0.2, 0) is 12.7 Å². The first-order chi connectivity index (χ1) is 8.84. The standard InChI is InChI=1S/C12H8Cl2F3NS/c13-8-1-7(12(15,16)17)2-10(3-8)18-5-11-4-9(14)6-19-11/h1-4,6,18H,5H2. The molecule has 7 heteroatoms. The minimum absolute atomic E-state index is 0.0431. The highest BCUT2D eigenvalue weighted by Gasteiger charge is 2.31. The van der Waals surface area contributed by atoms with Crippen LogP contribution >= 0.6 is 34.5 Å². The largest absolute Gasteiger partial charge is 0.416 e. The van der Waals surface area contributed by atoms with E-state index in [9.17, 15) is 13.2 Å². The fourth-order valence-electron chi connectivity index (χ4n) is 1.49. The molecule has 1 N–H and O–H groups in total. The van der Waals surface area contributed by atoms with Gasteiger partial charge < -0.3 is 5.32 Å². The molecule has 1 aromatic carbocycles. The molecule has 0 aliphatic heterocycles. The lowest BCUT2D eigenvalue weighted by molar-refractivity contribution is -0.137. The van der Waals surface area contributed by atoms with Crippen molar-refractivity contribution in [2.45, 2.75) is 12.7 Å². The molecule has 0 saturated carbocycles. The van der Waals surface area contributed by atoms with Crippen molar-refractivity contribution in [3.8, 4) is 0 Å². The van der Waals surface area contributed by atoms with Crippen LogP contribution in [0.5, 0.6) is 0 Å². The molecule has 0 amide bonds. The summed E-state index contributed by atoms with van der Waals surface area (Å²) in [5, 5.41) is 5.31. The maximum Gasteiger partial charge on any atom is 0.416 e. The lowest BCUT2D eigenvalue weighted by Crippen LogP contribution is -2.06. The molecule has 0 aliphatic rings. The Bertz CT molecular complexity index is 581. The Kier molecular flexibility index (Phi) is 4.28. The molecular weight excluding hydrogens is 318 g/mol. The van der Waals surface area contributed by atoms with Gasteiger partial charge in [-0.05, 0) is 24.3 Å². The number of benzene rings is 1.